The van der Waals surface area contributed by atoms with Gasteiger partial charge in [0.05, 0.1) is 0 Å². The van der Waals surface area contributed by atoms with Gasteiger partial charge in [0, 0.05) is 34.1 Å². The molecule has 0 radical (unpaired) electrons. The van der Waals surface area contributed by atoms with Gasteiger partial charge in [0.25, 0.3) is 0 Å². The monoisotopic (exact) mass is 367 g/mol. The van der Waals surface area contributed by atoms with E-state index in [1.54, 1.807) is 12.1 Å². The van der Waals surface area contributed by atoms with Crippen LogP contribution in [0.25, 0.3) is 11.0 Å². The molecule has 0 aliphatic rings. The fraction of sp³-hybridized carbons (Fsp3) is 0.125. The summed E-state index contributed by atoms with van der Waals surface area (Å²) < 4.78 is 20.0. The maximum Gasteiger partial charge on any atom is 0.199 e. The highest BCUT2D eigenvalue weighted by atomic mass is 79.9. The van der Waals surface area contributed by atoms with Crippen molar-refractivity contribution < 1.29 is 8.81 Å². The van der Waals surface area contributed by atoms with E-state index in [1.807, 2.05) is 24.3 Å². The summed E-state index contributed by atoms with van der Waals surface area (Å²) in [4.78, 5) is 0. The number of para-hydroxylation sites is 1. The molecule has 5 heteroatoms. The van der Waals surface area contributed by atoms with Crippen LogP contribution in [0, 0.1) is 5.82 Å². The molecule has 1 aromatic heterocycles. The molecule has 2 aromatic carbocycles. The zero-order valence-electron chi connectivity index (χ0n) is 11.0. The van der Waals surface area contributed by atoms with Crippen LogP contribution in [0.3, 0.4) is 0 Å². The number of nitrogens with one attached hydrogen (secondary N) is 1. The van der Waals surface area contributed by atoms with Gasteiger partial charge >= 0.3 is 0 Å². The second-order valence-corrected chi connectivity index (χ2v) is 5.95. The van der Waals surface area contributed by atoms with Gasteiger partial charge < -0.3 is 9.73 Å². The molecule has 0 spiro atoms. The summed E-state index contributed by atoms with van der Waals surface area (Å²) in [5, 5.41) is 4.55. The van der Waals surface area contributed by atoms with E-state index in [0.29, 0.717) is 23.9 Å². The number of hydrogen-bond acceptors (Lipinski definition) is 2. The zero-order chi connectivity index (χ0) is 14.8. The number of rotatable bonds is 4. The summed E-state index contributed by atoms with van der Waals surface area (Å²) in [7, 11) is 0. The Morgan fingerprint density at radius 2 is 1.95 bits per heavy atom. The molecule has 0 fully saturated rings. The van der Waals surface area contributed by atoms with Crippen molar-refractivity contribution >= 4 is 38.5 Å². The van der Waals surface area contributed by atoms with Gasteiger partial charge in [0.2, 0.25) is 0 Å². The Morgan fingerprint density at radius 3 is 2.81 bits per heavy atom. The molecular formula is C16H12BrClFNO. The van der Waals surface area contributed by atoms with Crippen LogP contribution in [0.2, 0.25) is 5.22 Å². The topological polar surface area (TPSA) is 25.2 Å². The highest BCUT2D eigenvalue weighted by molar-refractivity contribution is 9.10. The number of benzene rings is 2. The predicted octanol–water partition coefficient (Wildman–Crippen LogP) is 5.28. The van der Waals surface area contributed by atoms with Gasteiger partial charge in [-0.15, -0.1) is 0 Å². The quantitative estimate of drug-likeness (QED) is 0.678. The minimum absolute atomic E-state index is 0.228. The highest BCUT2D eigenvalue weighted by Gasteiger charge is 2.11. The number of hydrogen-bond donors (Lipinski definition) is 1. The summed E-state index contributed by atoms with van der Waals surface area (Å²) in [5.41, 5.74) is 2.25. The largest absolute Gasteiger partial charge is 0.444 e. The van der Waals surface area contributed by atoms with Gasteiger partial charge in [-0.3, -0.25) is 0 Å². The first-order valence-corrected chi connectivity index (χ1v) is 7.63. The first-order chi connectivity index (χ1) is 10.1. The van der Waals surface area contributed by atoms with Crippen molar-refractivity contribution in [3.63, 3.8) is 0 Å². The Kier molecular flexibility index (Phi) is 4.29. The molecule has 0 bridgehead atoms. The first kappa shape index (κ1) is 14.6. The Bertz CT molecular complexity index is 787. The van der Waals surface area contributed by atoms with E-state index in [4.69, 9.17) is 16.0 Å². The van der Waals surface area contributed by atoms with Gasteiger partial charge in [0.15, 0.2) is 5.22 Å². The molecular weight excluding hydrogens is 357 g/mol. The maximum absolute atomic E-state index is 13.7. The molecule has 3 aromatic rings. The van der Waals surface area contributed by atoms with Crippen LogP contribution in [0.5, 0.6) is 0 Å². The van der Waals surface area contributed by atoms with Gasteiger partial charge in [-0.2, -0.15) is 0 Å². The standard InChI is InChI=1S/C16H12BrClFNO/c17-11-5-6-14(19)10(7-11)8-20-9-13-12-3-1-2-4-15(12)21-16(13)18/h1-7,20H,8-9H2. The van der Waals surface area contributed by atoms with Gasteiger partial charge in [0.1, 0.15) is 11.4 Å². The molecule has 108 valence electrons. The van der Waals surface area contributed by atoms with E-state index in [9.17, 15) is 4.39 Å². The molecule has 1 heterocycles. The number of halogens is 3. The molecule has 0 unspecified atom stereocenters. The van der Waals surface area contributed by atoms with Crippen LogP contribution in [0.1, 0.15) is 11.1 Å². The van der Waals surface area contributed by atoms with Crippen molar-refractivity contribution in [1.29, 1.82) is 0 Å². The van der Waals surface area contributed by atoms with Crippen molar-refractivity contribution in [3.8, 4) is 0 Å². The summed E-state index contributed by atoms with van der Waals surface area (Å²) in [6.07, 6.45) is 0. The minimum Gasteiger partial charge on any atom is -0.444 e. The lowest BCUT2D eigenvalue weighted by Gasteiger charge is -2.06. The third kappa shape index (κ3) is 3.12. The predicted molar refractivity (Wildman–Crippen MR) is 85.9 cm³/mol. The van der Waals surface area contributed by atoms with Crippen LogP contribution in [0.15, 0.2) is 51.4 Å². The maximum atomic E-state index is 13.7. The third-order valence-corrected chi connectivity index (χ3v) is 4.07. The van der Waals surface area contributed by atoms with Gasteiger partial charge in [-0.25, -0.2) is 4.39 Å². The third-order valence-electron chi connectivity index (χ3n) is 3.27. The normalized spacial score (nSPS) is 11.2. The van der Waals surface area contributed by atoms with Crippen molar-refractivity contribution in [2.24, 2.45) is 0 Å². The summed E-state index contributed by atoms with van der Waals surface area (Å²) in [5.74, 6) is -0.228. The van der Waals surface area contributed by atoms with Crippen molar-refractivity contribution in [2.75, 3.05) is 0 Å². The summed E-state index contributed by atoms with van der Waals surface area (Å²) >= 11 is 9.46. The Hall–Kier alpha value is -1.36. The summed E-state index contributed by atoms with van der Waals surface area (Å²) in [6, 6.07) is 12.6. The molecule has 2 nitrogen and oxygen atoms in total. The first-order valence-electron chi connectivity index (χ1n) is 6.45. The van der Waals surface area contributed by atoms with Crippen LogP contribution < -0.4 is 5.32 Å². The fourth-order valence-corrected chi connectivity index (χ4v) is 2.89. The SMILES string of the molecule is Fc1ccc(Br)cc1CNCc1c(Cl)oc2ccccc12. The smallest absolute Gasteiger partial charge is 0.199 e. The number of fused-ring (bicyclic) bond motifs is 1. The van der Waals surface area contributed by atoms with E-state index in [0.717, 1.165) is 21.0 Å². The molecule has 3 rings (SSSR count). The van der Waals surface area contributed by atoms with E-state index in [1.165, 1.54) is 6.07 Å². The van der Waals surface area contributed by atoms with E-state index < -0.39 is 0 Å². The Balaban J connectivity index is 1.75. The van der Waals surface area contributed by atoms with Crippen molar-refractivity contribution in [3.05, 3.63) is 69.1 Å². The summed E-state index contributed by atoms with van der Waals surface area (Å²) in [6.45, 7) is 0.933. The molecule has 0 amide bonds. The molecule has 0 saturated carbocycles. The molecule has 0 aliphatic carbocycles. The Morgan fingerprint density at radius 1 is 1.14 bits per heavy atom. The molecule has 1 N–H and O–H groups in total. The van der Waals surface area contributed by atoms with Crippen LogP contribution in [0.4, 0.5) is 4.39 Å². The van der Waals surface area contributed by atoms with Crippen molar-refractivity contribution in [1.82, 2.24) is 5.32 Å². The Labute approximate surface area is 135 Å². The average molecular weight is 369 g/mol. The van der Waals surface area contributed by atoms with Crippen LogP contribution >= 0.6 is 27.5 Å². The van der Waals surface area contributed by atoms with E-state index >= 15 is 0 Å². The van der Waals surface area contributed by atoms with Gasteiger partial charge in [-0.1, -0.05) is 34.1 Å². The highest BCUT2D eigenvalue weighted by Crippen LogP contribution is 2.29. The lowest BCUT2D eigenvalue weighted by Crippen LogP contribution is -2.13. The van der Waals surface area contributed by atoms with E-state index in [2.05, 4.69) is 21.2 Å². The molecule has 0 saturated heterocycles. The molecule has 0 aliphatic heterocycles. The lowest BCUT2D eigenvalue weighted by atomic mass is 10.1. The minimum atomic E-state index is -0.228. The molecule has 0 atom stereocenters. The van der Waals surface area contributed by atoms with Crippen LogP contribution in [-0.4, -0.2) is 0 Å². The van der Waals surface area contributed by atoms with Crippen molar-refractivity contribution in [2.45, 2.75) is 13.1 Å². The van der Waals surface area contributed by atoms with Crippen LogP contribution in [-0.2, 0) is 13.1 Å². The second-order valence-electron chi connectivity index (χ2n) is 4.69. The van der Waals surface area contributed by atoms with Gasteiger partial charge in [-0.05, 0) is 35.9 Å². The van der Waals surface area contributed by atoms with E-state index in [-0.39, 0.29) is 5.82 Å². The lowest BCUT2D eigenvalue weighted by molar-refractivity contribution is 0.581. The average Bonchev–Trinajstić information content (AvgIpc) is 2.79. The molecule has 21 heavy (non-hydrogen) atoms. The zero-order valence-corrected chi connectivity index (χ0v) is 13.3. The second kappa shape index (κ2) is 6.18. The number of furan rings is 1. The fourth-order valence-electron chi connectivity index (χ4n) is 2.23.